The molecule has 0 bridgehead atoms. The van der Waals surface area contributed by atoms with Crippen molar-refractivity contribution in [3.8, 4) is 0 Å². The van der Waals surface area contributed by atoms with Crippen LogP contribution in [0.1, 0.15) is 44.7 Å². The van der Waals surface area contributed by atoms with Crippen molar-refractivity contribution in [3.05, 3.63) is 35.4 Å². The minimum atomic E-state index is 0.502. The van der Waals surface area contributed by atoms with Gasteiger partial charge < -0.3 is 20.3 Å². The Morgan fingerprint density at radius 3 is 2.52 bits per heavy atom. The molecule has 0 atom stereocenters. The molecule has 0 saturated carbocycles. The van der Waals surface area contributed by atoms with Crippen molar-refractivity contribution >= 4 is 5.96 Å². The molecule has 2 N–H and O–H groups in total. The standard InChI is InChI=1S/C20H34N4O/c1-5-21-20(23-19-10-12-24(13-11-19)16(2)3)22-14-17-8-6-7-9-18(17)15-25-4/h6-9,16,19H,5,10-15H2,1-4H3,(H2,21,22,23). The molecule has 5 nitrogen and oxygen atoms in total. The summed E-state index contributed by atoms with van der Waals surface area (Å²) in [5, 5.41) is 7.00. The lowest BCUT2D eigenvalue weighted by atomic mass is 10.0. The molecule has 5 heteroatoms. The van der Waals surface area contributed by atoms with Gasteiger partial charge in [0.25, 0.3) is 0 Å². The predicted molar refractivity (Wildman–Crippen MR) is 105 cm³/mol. The summed E-state index contributed by atoms with van der Waals surface area (Å²) in [6.07, 6.45) is 2.34. The number of ether oxygens (including phenoxy) is 1. The largest absolute Gasteiger partial charge is 0.380 e. The van der Waals surface area contributed by atoms with Crippen molar-refractivity contribution in [3.63, 3.8) is 0 Å². The van der Waals surface area contributed by atoms with Gasteiger partial charge >= 0.3 is 0 Å². The molecule has 1 heterocycles. The molecule has 0 radical (unpaired) electrons. The van der Waals surface area contributed by atoms with Crippen LogP contribution in [0.2, 0.25) is 0 Å². The van der Waals surface area contributed by atoms with Crippen molar-refractivity contribution in [2.45, 2.75) is 58.8 Å². The van der Waals surface area contributed by atoms with E-state index in [4.69, 9.17) is 9.73 Å². The van der Waals surface area contributed by atoms with Gasteiger partial charge in [-0.05, 0) is 44.7 Å². The lowest BCUT2D eigenvalue weighted by Gasteiger charge is -2.35. The van der Waals surface area contributed by atoms with Gasteiger partial charge in [-0.1, -0.05) is 24.3 Å². The molecule has 25 heavy (non-hydrogen) atoms. The zero-order chi connectivity index (χ0) is 18.1. The summed E-state index contributed by atoms with van der Waals surface area (Å²) < 4.78 is 5.29. The topological polar surface area (TPSA) is 48.9 Å². The fourth-order valence-electron chi connectivity index (χ4n) is 3.25. The quantitative estimate of drug-likeness (QED) is 0.589. The van der Waals surface area contributed by atoms with E-state index in [2.05, 4.69) is 54.5 Å². The minimum absolute atomic E-state index is 0.502. The van der Waals surface area contributed by atoms with Gasteiger partial charge in [0, 0.05) is 38.8 Å². The van der Waals surface area contributed by atoms with E-state index in [9.17, 15) is 0 Å². The molecule has 2 rings (SSSR count). The van der Waals surface area contributed by atoms with Gasteiger partial charge in [0.15, 0.2) is 5.96 Å². The number of nitrogens with one attached hydrogen (secondary N) is 2. The average Bonchev–Trinajstić information content (AvgIpc) is 2.61. The zero-order valence-corrected chi connectivity index (χ0v) is 16.2. The number of aliphatic imine (C=N–C) groups is 1. The first-order chi connectivity index (χ1) is 12.1. The van der Waals surface area contributed by atoms with E-state index in [-0.39, 0.29) is 0 Å². The van der Waals surface area contributed by atoms with Crippen LogP contribution in [0.25, 0.3) is 0 Å². The highest BCUT2D eigenvalue weighted by atomic mass is 16.5. The van der Waals surface area contributed by atoms with Crippen LogP contribution in [0.15, 0.2) is 29.3 Å². The number of hydrogen-bond donors (Lipinski definition) is 2. The highest BCUT2D eigenvalue weighted by molar-refractivity contribution is 5.80. The van der Waals surface area contributed by atoms with Gasteiger partial charge in [0.05, 0.1) is 13.2 Å². The molecule has 1 aliphatic rings. The molecule has 0 amide bonds. The molecule has 1 fully saturated rings. The number of methoxy groups -OCH3 is 1. The average molecular weight is 347 g/mol. The van der Waals surface area contributed by atoms with Crippen molar-refractivity contribution < 1.29 is 4.74 Å². The van der Waals surface area contributed by atoms with Gasteiger partial charge in [-0.25, -0.2) is 4.99 Å². The number of benzene rings is 1. The third-order valence-electron chi connectivity index (χ3n) is 4.77. The predicted octanol–water partition coefficient (Wildman–Crippen LogP) is 2.76. The molecule has 1 aromatic carbocycles. The second kappa shape index (κ2) is 10.4. The molecule has 1 aromatic rings. The SMILES string of the molecule is CCNC(=NCc1ccccc1COC)NC1CCN(C(C)C)CC1. The summed E-state index contributed by atoms with van der Waals surface area (Å²) in [5.74, 6) is 0.915. The Kier molecular flexibility index (Phi) is 8.22. The third kappa shape index (κ3) is 6.33. The third-order valence-corrected chi connectivity index (χ3v) is 4.77. The number of hydrogen-bond acceptors (Lipinski definition) is 3. The summed E-state index contributed by atoms with van der Waals surface area (Å²) in [7, 11) is 1.73. The molecular formula is C20H34N4O. The summed E-state index contributed by atoms with van der Waals surface area (Å²) >= 11 is 0. The van der Waals surface area contributed by atoms with Crippen LogP contribution >= 0.6 is 0 Å². The van der Waals surface area contributed by atoms with E-state index >= 15 is 0 Å². The van der Waals surface area contributed by atoms with E-state index < -0.39 is 0 Å². The smallest absolute Gasteiger partial charge is 0.191 e. The fourth-order valence-corrected chi connectivity index (χ4v) is 3.25. The first kappa shape index (κ1) is 19.7. The van der Waals surface area contributed by atoms with Gasteiger partial charge in [-0.3, -0.25) is 0 Å². The molecule has 0 unspecified atom stereocenters. The van der Waals surface area contributed by atoms with Crippen molar-refractivity contribution in [2.24, 2.45) is 4.99 Å². The summed E-state index contributed by atoms with van der Waals surface area (Å²) in [5.41, 5.74) is 2.42. The van der Waals surface area contributed by atoms with Crippen molar-refractivity contribution in [2.75, 3.05) is 26.7 Å². The van der Waals surface area contributed by atoms with Gasteiger partial charge in [0.1, 0.15) is 0 Å². The molecule has 0 aromatic heterocycles. The number of nitrogens with zero attached hydrogens (tertiary/aromatic N) is 2. The normalized spacial score (nSPS) is 17.1. The fraction of sp³-hybridized carbons (Fsp3) is 0.650. The van der Waals surface area contributed by atoms with Gasteiger partial charge in [-0.15, -0.1) is 0 Å². The van der Waals surface area contributed by atoms with Crippen LogP contribution in [-0.2, 0) is 17.9 Å². The Morgan fingerprint density at radius 2 is 1.92 bits per heavy atom. The summed E-state index contributed by atoms with van der Waals surface area (Å²) in [4.78, 5) is 7.34. The summed E-state index contributed by atoms with van der Waals surface area (Å²) in [6.45, 7) is 11.1. The monoisotopic (exact) mass is 346 g/mol. The summed E-state index contributed by atoms with van der Waals surface area (Å²) in [6, 6.07) is 9.49. The Balaban J connectivity index is 1.95. The van der Waals surface area contributed by atoms with Crippen LogP contribution in [0.3, 0.4) is 0 Å². The zero-order valence-electron chi connectivity index (χ0n) is 16.2. The second-order valence-corrected chi connectivity index (χ2v) is 6.95. The molecule has 1 aliphatic heterocycles. The Morgan fingerprint density at radius 1 is 1.24 bits per heavy atom. The van der Waals surface area contributed by atoms with E-state index in [0.717, 1.165) is 25.6 Å². The minimum Gasteiger partial charge on any atom is -0.380 e. The number of likely N-dealkylation sites (tertiary alicyclic amines) is 1. The Labute approximate surface area is 152 Å². The van der Waals surface area contributed by atoms with E-state index in [0.29, 0.717) is 25.2 Å². The van der Waals surface area contributed by atoms with Crippen molar-refractivity contribution in [1.29, 1.82) is 0 Å². The van der Waals surface area contributed by atoms with Crippen LogP contribution < -0.4 is 10.6 Å². The molecular weight excluding hydrogens is 312 g/mol. The lowest BCUT2D eigenvalue weighted by Crippen LogP contribution is -2.49. The van der Waals surface area contributed by atoms with E-state index in [1.807, 2.05) is 6.07 Å². The second-order valence-electron chi connectivity index (χ2n) is 6.95. The number of piperidine rings is 1. The maximum atomic E-state index is 5.29. The number of rotatable bonds is 7. The molecule has 0 aliphatic carbocycles. The van der Waals surface area contributed by atoms with Gasteiger partial charge in [-0.2, -0.15) is 0 Å². The first-order valence-electron chi connectivity index (χ1n) is 9.48. The molecule has 140 valence electrons. The molecule has 0 spiro atoms. The lowest BCUT2D eigenvalue weighted by molar-refractivity contribution is 0.167. The maximum Gasteiger partial charge on any atom is 0.191 e. The van der Waals surface area contributed by atoms with Crippen LogP contribution in [0.4, 0.5) is 0 Å². The van der Waals surface area contributed by atoms with Crippen molar-refractivity contribution in [1.82, 2.24) is 15.5 Å². The highest BCUT2D eigenvalue weighted by Gasteiger charge is 2.21. The first-order valence-corrected chi connectivity index (χ1v) is 9.48. The maximum absolute atomic E-state index is 5.29. The van der Waals surface area contributed by atoms with Crippen LogP contribution in [0, 0.1) is 0 Å². The Hall–Kier alpha value is -1.59. The number of guanidine groups is 1. The van der Waals surface area contributed by atoms with Crippen LogP contribution in [0.5, 0.6) is 0 Å². The van der Waals surface area contributed by atoms with Crippen LogP contribution in [-0.4, -0.2) is 49.7 Å². The van der Waals surface area contributed by atoms with E-state index in [1.54, 1.807) is 7.11 Å². The Bertz CT molecular complexity index is 536. The molecule has 1 saturated heterocycles. The highest BCUT2D eigenvalue weighted by Crippen LogP contribution is 2.14. The van der Waals surface area contributed by atoms with E-state index in [1.165, 1.54) is 24.0 Å². The van der Waals surface area contributed by atoms with Gasteiger partial charge in [0.2, 0.25) is 0 Å².